The van der Waals surface area contributed by atoms with Crippen LogP contribution in [0.2, 0.25) is 5.02 Å². The van der Waals surface area contributed by atoms with Gasteiger partial charge in [-0.25, -0.2) is 4.39 Å². The van der Waals surface area contributed by atoms with Crippen LogP contribution in [0.25, 0.3) is 0 Å². The van der Waals surface area contributed by atoms with Gasteiger partial charge in [-0.2, -0.15) is 0 Å². The Balaban J connectivity index is 3.00. The number of amides is 2. The molecule has 0 saturated carbocycles. The van der Waals surface area contributed by atoms with E-state index in [0.29, 0.717) is 0 Å². The van der Waals surface area contributed by atoms with Crippen LogP contribution in [0.4, 0.5) is 4.39 Å². The summed E-state index contributed by atoms with van der Waals surface area (Å²) in [5, 5.41) is 14.1. The van der Waals surface area contributed by atoms with E-state index in [0.717, 1.165) is 6.07 Å². The Bertz CT molecular complexity index is 549. The lowest BCUT2D eigenvalue weighted by Crippen LogP contribution is -2.52. The highest BCUT2D eigenvalue weighted by Gasteiger charge is 2.34. The number of benzene rings is 1. The van der Waals surface area contributed by atoms with E-state index in [-0.39, 0.29) is 10.6 Å². The first-order valence-electron chi connectivity index (χ1n) is 6.33. The minimum absolute atomic E-state index is 0.151. The molecule has 0 fully saturated rings. The van der Waals surface area contributed by atoms with E-state index in [9.17, 15) is 14.0 Å². The third-order valence-electron chi connectivity index (χ3n) is 3.22. The SMILES string of the molecule is CNC(=O)[C@H](CO)NC(=O)C(C)(C)c1ccc(Cl)cc1F. The number of carbonyl (C=O) groups excluding carboxylic acids is 2. The van der Waals surface area contributed by atoms with Gasteiger partial charge in [-0.3, -0.25) is 9.59 Å². The average molecular weight is 317 g/mol. The fourth-order valence-corrected chi connectivity index (χ4v) is 1.98. The number of nitrogens with one attached hydrogen (secondary N) is 2. The maximum Gasteiger partial charge on any atom is 0.244 e. The minimum atomic E-state index is -1.23. The Morgan fingerprint density at radius 3 is 2.52 bits per heavy atom. The highest BCUT2D eigenvalue weighted by Crippen LogP contribution is 2.28. The first-order chi connectivity index (χ1) is 9.73. The number of rotatable bonds is 5. The monoisotopic (exact) mass is 316 g/mol. The van der Waals surface area contributed by atoms with Crippen molar-refractivity contribution in [2.45, 2.75) is 25.3 Å². The summed E-state index contributed by atoms with van der Waals surface area (Å²) in [6.45, 7) is 2.49. The van der Waals surface area contributed by atoms with Crippen LogP contribution in [0.1, 0.15) is 19.4 Å². The van der Waals surface area contributed by atoms with Crippen LogP contribution in [0.15, 0.2) is 18.2 Å². The summed E-state index contributed by atoms with van der Waals surface area (Å²) in [6, 6.07) is 2.94. The number of hydrogen-bond donors (Lipinski definition) is 3. The fraction of sp³-hybridized carbons (Fsp3) is 0.429. The molecule has 1 aromatic rings. The summed E-state index contributed by atoms with van der Waals surface area (Å²) in [5.41, 5.74) is -1.08. The van der Waals surface area contributed by atoms with Crippen LogP contribution >= 0.6 is 11.6 Å². The molecule has 0 aliphatic carbocycles. The van der Waals surface area contributed by atoms with Crippen molar-refractivity contribution in [2.75, 3.05) is 13.7 Å². The lowest BCUT2D eigenvalue weighted by molar-refractivity contribution is -0.132. The van der Waals surface area contributed by atoms with Crippen molar-refractivity contribution in [1.82, 2.24) is 10.6 Å². The zero-order valence-electron chi connectivity index (χ0n) is 12.0. The maximum absolute atomic E-state index is 14.0. The quantitative estimate of drug-likeness (QED) is 0.758. The second kappa shape index (κ2) is 6.87. The van der Waals surface area contributed by atoms with Crippen molar-refractivity contribution in [3.05, 3.63) is 34.6 Å². The molecule has 1 rings (SSSR count). The third kappa shape index (κ3) is 3.92. The van der Waals surface area contributed by atoms with Gasteiger partial charge in [-0.1, -0.05) is 17.7 Å². The molecule has 0 aromatic heterocycles. The molecule has 0 unspecified atom stereocenters. The van der Waals surface area contributed by atoms with E-state index in [4.69, 9.17) is 16.7 Å². The van der Waals surface area contributed by atoms with Gasteiger partial charge in [0.05, 0.1) is 12.0 Å². The average Bonchev–Trinajstić information content (AvgIpc) is 2.43. The van der Waals surface area contributed by atoms with Gasteiger partial charge in [0.1, 0.15) is 11.9 Å². The number of likely N-dealkylation sites (N-methyl/N-ethyl adjacent to an activating group) is 1. The molecule has 1 aromatic carbocycles. The van der Waals surface area contributed by atoms with Gasteiger partial charge >= 0.3 is 0 Å². The summed E-state index contributed by atoms with van der Waals surface area (Å²) in [7, 11) is 1.39. The van der Waals surface area contributed by atoms with Gasteiger partial charge in [-0.05, 0) is 26.0 Å². The Morgan fingerprint density at radius 1 is 1.43 bits per heavy atom. The first kappa shape index (κ1) is 17.4. The van der Waals surface area contributed by atoms with Crippen LogP contribution in [0.3, 0.4) is 0 Å². The molecule has 21 heavy (non-hydrogen) atoms. The van der Waals surface area contributed by atoms with Crippen LogP contribution in [-0.2, 0) is 15.0 Å². The molecule has 0 aliphatic heterocycles. The van der Waals surface area contributed by atoms with Crippen molar-refractivity contribution in [1.29, 1.82) is 0 Å². The van der Waals surface area contributed by atoms with Crippen LogP contribution in [0, 0.1) is 5.82 Å². The largest absolute Gasteiger partial charge is 0.394 e. The first-order valence-corrected chi connectivity index (χ1v) is 6.70. The predicted molar refractivity (Wildman–Crippen MR) is 77.5 cm³/mol. The van der Waals surface area contributed by atoms with Crippen LogP contribution in [-0.4, -0.2) is 36.6 Å². The van der Waals surface area contributed by atoms with Gasteiger partial charge in [0, 0.05) is 17.6 Å². The summed E-state index contributed by atoms with van der Waals surface area (Å²) < 4.78 is 14.0. The number of aliphatic hydroxyl groups is 1. The summed E-state index contributed by atoms with van der Waals surface area (Å²) in [4.78, 5) is 23.8. The molecular weight excluding hydrogens is 299 g/mol. The lowest BCUT2D eigenvalue weighted by Gasteiger charge is -2.27. The molecule has 1 atom stereocenters. The van der Waals surface area contributed by atoms with Crippen molar-refractivity contribution >= 4 is 23.4 Å². The van der Waals surface area contributed by atoms with E-state index in [1.165, 1.54) is 33.0 Å². The summed E-state index contributed by atoms with van der Waals surface area (Å²) >= 11 is 5.69. The lowest BCUT2D eigenvalue weighted by atomic mass is 9.83. The van der Waals surface area contributed by atoms with Crippen molar-refractivity contribution in [3.63, 3.8) is 0 Å². The van der Waals surface area contributed by atoms with Gasteiger partial charge in [-0.15, -0.1) is 0 Å². The second-order valence-electron chi connectivity index (χ2n) is 5.07. The third-order valence-corrected chi connectivity index (χ3v) is 3.46. The smallest absolute Gasteiger partial charge is 0.244 e. The number of halogens is 2. The Kier molecular flexibility index (Phi) is 5.69. The number of hydrogen-bond acceptors (Lipinski definition) is 3. The molecule has 7 heteroatoms. The molecule has 116 valence electrons. The van der Waals surface area contributed by atoms with Crippen molar-refractivity contribution < 1.29 is 19.1 Å². The fourth-order valence-electron chi connectivity index (χ4n) is 1.83. The molecule has 3 N–H and O–H groups in total. The highest BCUT2D eigenvalue weighted by atomic mass is 35.5. The molecule has 0 bridgehead atoms. The predicted octanol–water partition coefficient (Wildman–Crippen LogP) is 0.980. The zero-order valence-corrected chi connectivity index (χ0v) is 12.8. The van der Waals surface area contributed by atoms with E-state index in [1.807, 2.05) is 0 Å². The van der Waals surface area contributed by atoms with Crippen molar-refractivity contribution in [3.8, 4) is 0 Å². The summed E-state index contributed by atoms with van der Waals surface area (Å²) in [6.07, 6.45) is 0. The van der Waals surface area contributed by atoms with Crippen molar-refractivity contribution in [2.24, 2.45) is 0 Å². The molecule has 0 saturated heterocycles. The molecule has 5 nitrogen and oxygen atoms in total. The van der Waals surface area contributed by atoms with E-state index >= 15 is 0 Å². The Labute approximate surface area is 127 Å². The van der Waals surface area contributed by atoms with Gasteiger partial charge in [0.25, 0.3) is 0 Å². The standard InChI is InChI=1S/C14H18ClFN2O3/c1-14(2,9-5-4-8(15)6-10(9)16)13(21)18-11(7-19)12(20)17-3/h4-6,11,19H,7H2,1-3H3,(H,17,20)(H,18,21)/t11-/m0/s1. The van der Waals surface area contributed by atoms with E-state index in [1.54, 1.807) is 0 Å². The highest BCUT2D eigenvalue weighted by molar-refractivity contribution is 6.30. The van der Waals surface area contributed by atoms with Crippen LogP contribution < -0.4 is 10.6 Å². The van der Waals surface area contributed by atoms with Gasteiger partial charge in [0.2, 0.25) is 11.8 Å². The molecule has 0 spiro atoms. The molecule has 2 amide bonds. The normalized spacial score (nSPS) is 12.7. The van der Waals surface area contributed by atoms with Crippen LogP contribution in [0.5, 0.6) is 0 Å². The summed E-state index contributed by atoms with van der Waals surface area (Å²) in [5.74, 6) is -1.72. The Hall–Kier alpha value is -1.66. The maximum atomic E-state index is 14.0. The van der Waals surface area contributed by atoms with Gasteiger partial charge in [0.15, 0.2) is 0 Å². The minimum Gasteiger partial charge on any atom is -0.394 e. The number of carbonyl (C=O) groups is 2. The zero-order chi connectivity index (χ0) is 16.2. The molecule has 0 radical (unpaired) electrons. The number of aliphatic hydroxyl groups excluding tert-OH is 1. The second-order valence-corrected chi connectivity index (χ2v) is 5.51. The van der Waals surface area contributed by atoms with E-state index in [2.05, 4.69) is 10.6 Å². The molecular formula is C14H18ClFN2O3. The van der Waals surface area contributed by atoms with E-state index < -0.39 is 35.7 Å². The molecule has 0 heterocycles. The van der Waals surface area contributed by atoms with Gasteiger partial charge < -0.3 is 15.7 Å². The molecule has 0 aliphatic rings. The topological polar surface area (TPSA) is 78.4 Å². The Morgan fingerprint density at radius 2 is 2.05 bits per heavy atom.